The minimum atomic E-state index is -0.430. The van der Waals surface area contributed by atoms with E-state index in [1.165, 1.54) is 13.2 Å². The fraction of sp³-hybridized carbons (Fsp3) is 0.529. The van der Waals surface area contributed by atoms with Gasteiger partial charge in [0.1, 0.15) is 0 Å². The van der Waals surface area contributed by atoms with Crippen LogP contribution in [0.4, 0.5) is 4.39 Å². The predicted molar refractivity (Wildman–Crippen MR) is 84.4 cm³/mol. The number of methoxy groups -OCH3 is 1. The first-order valence-electron chi connectivity index (χ1n) is 7.75. The van der Waals surface area contributed by atoms with Crippen molar-refractivity contribution in [1.82, 2.24) is 9.80 Å². The second-order valence-electron chi connectivity index (χ2n) is 5.94. The first kappa shape index (κ1) is 17.2. The molecule has 0 N–H and O–H groups in total. The van der Waals surface area contributed by atoms with Crippen LogP contribution in [-0.4, -0.2) is 48.9 Å². The van der Waals surface area contributed by atoms with Gasteiger partial charge in [0.2, 0.25) is 11.8 Å². The highest BCUT2D eigenvalue weighted by Crippen LogP contribution is 2.22. The van der Waals surface area contributed by atoms with E-state index in [4.69, 9.17) is 4.74 Å². The van der Waals surface area contributed by atoms with Gasteiger partial charge in [0, 0.05) is 39.5 Å². The van der Waals surface area contributed by atoms with E-state index in [1.54, 1.807) is 35.9 Å². The van der Waals surface area contributed by atoms with Crippen molar-refractivity contribution >= 4 is 11.8 Å². The highest BCUT2D eigenvalue weighted by molar-refractivity contribution is 5.79. The molecular formula is C17H23FN2O3. The Hall–Kier alpha value is -2.11. The van der Waals surface area contributed by atoms with Crippen molar-refractivity contribution in [3.05, 3.63) is 29.6 Å². The molecule has 1 fully saturated rings. The standard InChI is InChI=1S/C17H23FN2O3/c1-12(21)20-8-6-14(7-9-20)17(22)19(2)11-13-4-5-16(23-3)15(18)10-13/h4-5,10,14H,6-9,11H2,1-3H3. The third-order valence-electron chi connectivity index (χ3n) is 4.30. The van der Waals surface area contributed by atoms with Gasteiger partial charge in [0.05, 0.1) is 7.11 Å². The Morgan fingerprint density at radius 1 is 1.35 bits per heavy atom. The minimum Gasteiger partial charge on any atom is -0.494 e. The van der Waals surface area contributed by atoms with Crippen LogP contribution in [0.25, 0.3) is 0 Å². The van der Waals surface area contributed by atoms with Gasteiger partial charge in [-0.15, -0.1) is 0 Å². The largest absolute Gasteiger partial charge is 0.494 e. The summed E-state index contributed by atoms with van der Waals surface area (Å²) in [5.74, 6) is -0.207. The average molecular weight is 322 g/mol. The van der Waals surface area contributed by atoms with Gasteiger partial charge in [-0.2, -0.15) is 0 Å². The monoisotopic (exact) mass is 322 g/mol. The Balaban J connectivity index is 1.93. The lowest BCUT2D eigenvalue weighted by Crippen LogP contribution is -2.42. The highest BCUT2D eigenvalue weighted by atomic mass is 19.1. The number of carbonyl (C=O) groups excluding carboxylic acids is 2. The third kappa shape index (κ3) is 4.21. The second kappa shape index (κ2) is 7.44. The van der Waals surface area contributed by atoms with E-state index in [1.807, 2.05) is 0 Å². The van der Waals surface area contributed by atoms with Gasteiger partial charge in [-0.3, -0.25) is 9.59 Å². The SMILES string of the molecule is COc1ccc(CN(C)C(=O)C2CCN(C(C)=O)CC2)cc1F. The Labute approximate surface area is 136 Å². The maximum Gasteiger partial charge on any atom is 0.225 e. The molecule has 0 bridgehead atoms. The molecule has 2 amide bonds. The summed E-state index contributed by atoms with van der Waals surface area (Å²) in [4.78, 5) is 27.2. The number of halogens is 1. The minimum absolute atomic E-state index is 0.0458. The van der Waals surface area contributed by atoms with Gasteiger partial charge in [-0.05, 0) is 30.5 Å². The lowest BCUT2D eigenvalue weighted by molar-refractivity contribution is -0.139. The second-order valence-corrected chi connectivity index (χ2v) is 5.94. The number of hydrogen-bond acceptors (Lipinski definition) is 3. The van der Waals surface area contributed by atoms with E-state index in [0.29, 0.717) is 32.5 Å². The molecule has 1 heterocycles. The fourth-order valence-electron chi connectivity index (χ4n) is 2.91. The summed E-state index contributed by atoms with van der Waals surface area (Å²) in [6, 6.07) is 4.71. The van der Waals surface area contributed by atoms with Crippen molar-refractivity contribution in [2.24, 2.45) is 5.92 Å². The van der Waals surface area contributed by atoms with Crippen LogP contribution in [0.3, 0.4) is 0 Å². The Morgan fingerprint density at radius 3 is 2.52 bits per heavy atom. The van der Waals surface area contributed by atoms with Crippen LogP contribution in [0.2, 0.25) is 0 Å². The number of nitrogens with zero attached hydrogens (tertiary/aromatic N) is 2. The first-order chi connectivity index (χ1) is 10.9. The van der Waals surface area contributed by atoms with Crippen LogP contribution >= 0.6 is 0 Å². The third-order valence-corrected chi connectivity index (χ3v) is 4.30. The lowest BCUT2D eigenvalue weighted by Gasteiger charge is -2.32. The summed E-state index contributed by atoms with van der Waals surface area (Å²) in [7, 11) is 3.14. The zero-order chi connectivity index (χ0) is 17.0. The highest BCUT2D eigenvalue weighted by Gasteiger charge is 2.28. The Kier molecular flexibility index (Phi) is 5.58. The molecule has 0 aliphatic carbocycles. The van der Waals surface area contributed by atoms with Gasteiger partial charge >= 0.3 is 0 Å². The van der Waals surface area contributed by atoms with Gasteiger partial charge in [0.25, 0.3) is 0 Å². The maximum absolute atomic E-state index is 13.7. The van der Waals surface area contributed by atoms with Crippen molar-refractivity contribution in [3.63, 3.8) is 0 Å². The van der Waals surface area contributed by atoms with Crippen LogP contribution in [0.5, 0.6) is 5.75 Å². The lowest BCUT2D eigenvalue weighted by atomic mass is 9.95. The molecule has 23 heavy (non-hydrogen) atoms. The smallest absolute Gasteiger partial charge is 0.225 e. The van der Waals surface area contributed by atoms with Crippen molar-refractivity contribution < 1.29 is 18.7 Å². The van der Waals surface area contributed by atoms with E-state index < -0.39 is 5.82 Å². The van der Waals surface area contributed by atoms with E-state index in [-0.39, 0.29) is 23.5 Å². The van der Waals surface area contributed by atoms with Crippen molar-refractivity contribution in [2.75, 3.05) is 27.2 Å². The van der Waals surface area contributed by atoms with Gasteiger partial charge in [-0.1, -0.05) is 6.07 Å². The summed E-state index contributed by atoms with van der Waals surface area (Å²) in [6.45, 7) is 3.15. The van der Waals surface area contributed by atoms with Crippen LogP contribution in [0.1, 0.15) is 25.3 Å². The number of rotatable bonds is 4. The number of ether oxygens (including phenoxy) is 1. The van der Waals surface area contributed by atoms with Crippen LogP contribution in [0, 0.1) is 11.7 Å². The fourth-order valence-corrected chi connectivity index (χ4v) is 2.91. The van der Waals surface area contributed by atoms with E-state index in [2.05, 4.69) is 0 Å². The zero-order valence-corrected chi connectivity index (χ0v) is 13.8. The topological polar surface area (TPSA) is 49.9 Å². The van der Waals surface area contributed by atoms with E-state index in [0.717, 1.165) is 5.56 Å². The molecule has 0 atom stereocenters. The first-order valence-corrected chi connectivity index (χ1v) is 7.75. The molecule has 0 radical (unpaired) electrons. The molecule has 2 rings (SSSR count). The molecule has 1 aromatic carbocycles. The van der Waals surface area contributed by atoms with Gasteiger partial charge in [0.15, 0.2) is 11.6 Å². The van der Waals surface area contributed by atoms with Gasteiger partial charge < -0.3 is 14.5 Å². The Bertz CT molecular complexity index is 583. The molecule has 126 valence electrons. The van der Waals surface area contributed by atoms with Crippen molar-refractivity contribution in [2.45, 2.75) is 26.3 Å². The quantitative estimate of drug-likeness (QED) is 0.852. The van der Waals surface area contributed by atoms with E-state index in [9.17, 15) is 14.0 Å². The molecule has 1 aliphatic rings. The number of hydrogen-bond donors (Lipinski definition) is 0. The predicted octanol–water partition coefficient (Wildman–Crippen LogP) is 2.05. The molecular weight excluding hydrogens is 299 g/mol. The zero-order valence-electron chi connectivity index (χ0n) is 13.8. The average Bonchev–Trinajstić information content (AvgIpc) is 2.54. The van der Waals surface area contributed by atoms with Crippen molar-refractivity contribution in [3.8, 4) is 5.75 Å². The molecule has 5 nitrogen and oxygen atoms in total. The molecule has 0 unspecified atom stereocenters. The number of likely N-dealkylation sites (tertiary alicyclic amines) is 1. The number of piperidine rings is 1. The summed E-state index contributed by atoms with van der Waals surface area (Å²) in [5, 5.41) is 0. The van der Waals surface area contributed by atoms with E-state index >= 15 is 0 Å². The summed E-state index contributed by atoms with van der Waals surface area (Å²) < 4.78 is 18.6. The Morgan fingerprint density at radius 2 is 2.00 bits per heavy atom. The molecule has 0 saturated carbocycles. The maximum atomic E-state index is 13.7. The normalized spacial score (nSPS) is 15.4. The molecule has 1 aromatic rings. The molecule has 6 heteroatoms. The van der Waals surface area contributed by atoms with Crippen LogP contribution in [0.15, 0.2) is 18.2 Å². The summed E-state index contributed by atoms with van der Waals surface area (Å²) in [5.41, 5.74) is 0.723. The summed E-state index contributed by atoms with van der Waals surface area (Å²) >= 11 is 0. The molecule has 1 aliphatic heterocycles. The molecule has 0 spiro atoms. The molecule has 1 saturated heterocycles. The molecule has 0 aromatic heterocycles. The number of carbonyl (C=O) groups is 2. The van der Waals surface area contributed by atoms with Crippen molar-refractivity contribution in [1.29, 1.82) is 0 Å². The van der Waals surface area contributed by atoms with Gasteiger partial charge in [-0.25, -0.2) is 4.39 Å². The van der Waals surface area contributed by atoms with Crippen LogP contribution < -0.4 is 4.74 Å². The van der Waals surface area contributed by atoms with Crippen LogP contribution in [-0.2, 0) is 16.1 Å². The number of amides is 2. The number of benzene rings is 1. The summed E-state index contributed by atoms with van der Waals surface area (Å²) in [6.07, 6.45) is 1.36.